The van der Waals surface area contributed by atoms with E-state index in [9.17, 15) is 9.59 Å². The number of hydrogen-bond acceptors (Lipinski definition) is 6. The van der Waals surface area contributed by atoms with Gasteiger partial charge in [-0.05, 0) is 38.0 Å². The van der Waals surface area contributed by atoms with Gasteiger partial charge in [0.15, 0.2) is 11.0 Å². The molecule has 4 rings (SSSR count). The molecule has 0 bridgehead atoms. The quantitative estimate of drug-likeness (QED) is 0.510. The van der Waals surface area contributed by atoms with E-state index in [1.165, 1.54) is 11.8 Å². The second-order valence-electron chi connectivity index (χ2n) is 9.00. The molecule has 0 aliphatic carbocycles. The van der Waals surface area contributed by atoms with Gasteiger partial charge in [-0.3, -0.25) is 14.5 Å². The van der Waals surface area contributed by atoms with Crippen LogP contribution in [-0.4, -0.2) is 74.9 Å². The fraction of sp³-hybridized carbons (Fsp3) is 0.385. The van der Waals surface area contributed by atoms with Crippen LogP contribution in [0.4, 0.5) is 5.69 Å². The average molecular weight is 493 g/mol. The normalized spacial score (nSPS) is 14.2. The summed E-state index contributed by atoms with van der Waals surface area (Å²) in [5.74, 6) is 1.16. The van der Waals surface area contributed by atoms with Crippen molar-refractivity contribution < 1.29 is 9.59 Å². The first-order valence-electron chi connectivity index (χ1n) is 11.8. The smallest absolute Gasteiger partial charge is 0.238 e. The SMILES string of the molecule is Cc1cccc(-c2nnc(SCC(=O)N3CCN(CC(=O)Nc4c(C)cccc4C)CC3)n2C)c1. The van der Waals surface area contributed by atoms with Gasteiger partial charge in [-0.2, -0.15) is 0 Å². The predicted molar refractivity (Wildman–Crippen MR) is 139 cm³/mol. The summed E-state index contributed by atoms with van der Waals surface area (Å²) in [5, 5.41) is 12.4. The van der Waals surface area contributed by atoms with Crippen LogP contribution < -0.4 is 5.32 Å². The standard InChI is InChI=1S/C26H32N6O2S/c1-18-7-5-10-21(15-18)25-28-29-26(30(25)4)35-17-23(34)32-13-11-31(12-14-32)16-22(33)27-24-19(2)8-6-9-20(24)3/h5-10,15H,11-14,16-17H2,1-4H3,(H,27,33). The van der Waals surface area contributed by atoms with Crippen LogP contribution in [0.15, 0.2) is 47.6 Å². The Morgan fingerprint density at radius 2 is 1.66 bits per heavy atom. The fourth-order valence-electron chi connectivity index (χ4n) is 4.24. The Balaban J connectivity index is 1.24. The summed E-state index contributed by atoms with van der Waals surface area (Å²) in [6, 6.07) is 14.1. The lowest BCUT2D eigenvalue weighted by atomic mass is 10.1. The van der Waals surface area contributed by atoms with E-state index >= 15 is 0 Å². The molecule has 35 heavy (non-hydrogen) atoms. The molecule has 1 saturated heterocycles. The van der Waals surface area contributed by atoms with Crippen molar-refractivity contribution in [2.75, 3.05) is 43.8 Å². The lowest BCUT2D eigenvalue weighted by molar-refractivity contribution is -0.130. The maximum atomic E-state index is 12.8. The molecule has 1 aromatic heterocycles. The molecule has 1 aliphatic heterocycles. The van der Waals surface area contributed by atoms with E-state index in [0.29, 0.717) is 38.5 Å². The van der Waals surface area contributed by atoms with E-state index in [1.807, 2.05) is 73.7 Å². The summed E-state index contributed by atoms with van der Waals surface area (Å²) < 4.78 is 1.93. The number of aryl methyl sites for hydroxylation is 3. The van der Waals surface area contributed by atoms with Crippen LogP contribution in [0.3, 0.4) is 0 Å². The van der Waals surface area contributed by atoms with Crippen LogP contribution in [0.5, 0.6) is 0 Å². The number of nitrogens with one attached hydrogen (secondary N) is 1. The molecule has 0 atom stereocenters. The van der Waals surface area contributed by atoms with E-state index in [0.717, 1.165) is 38.9 Å². The first-order chi connectivity index (χ1) is 16.8. The summed E-state index contributed by atoms with van der Waals surface area (Å²) in [4.78, 5) is 29.3. The number of benzene rings is 2. The fourth-order valence-corrected chi connectivity index (χ4v) is 5.06. The number of carbonyl (C=O) groups is 2. The Hall–Kier alpha value is -3.17. The zero-order valence-electron chi connectivity index (χ0n) is 20.7. The average Bonchev–Trinajstić information content (AvgIpc) is 3.20. The third kappa shape index (κ3) is 6.10. The van der Waals surface area contributed by atoms with Gasteiger partial charge >= 0.3 is 0 Å². The van der Waals surface area contributed by atoms with Gasteiger partial charge in [0.05, 0.1) is 12.3 Å². The van der Waals surface area contributed by atoms with Crippen molar-refractivity contribution in [3.05, 3.63) is 59.2 Å². The van der Waals surface area contributed by atoms with Crippen molar-refractivity contribution in [1.82, 2.24) is 24.6 Å². The summed E-state index contributed by atoms with van der Waals surface area (Å²) in [5.41, 5.74) is 5.17. The van der Waals surface area contributed by atoms with E-state index in [2.05, 4.69) is 26.5 Å². The number of hydrogen-bond donors (Lipinski definition) is 1. The van der Waals surface area contributed by atoms with Crippen molar-refractivity contribution >= 4 is 29.3 Å². The van der Waals surface area contributed by atoms with E-state index in [4.69, 9.17) is 0 Å². The number of piperazine rings is 1. The lowest BCUT2D eigenvalue weighted by Crippen LogP contribution is -2.51. The number of amides is 2. The molecule has 1 fully saturated rings. The number of anilines is 1. The predicted octanol–water partition coefficient (Wildman–Crippen LogP) is 3.28. The molecule has 0 saturated carbocycles. The van der Waals surface area contributed by atoms with Gasteiger partial charge < -0.3 is 14.8 Å². The minimum absolute atomic E-state index is 0.0237. The van der Waals surface area contributed by atoms with Gasteiger partial charge in [-0.1, -0.05) is 53.7 Å². The van der Waals surface area contributed by atoms with E-state index in [1.54, 1.807) is 0 Å². The zero-order chi connectivity index (χ0) is 24.9. The van der Waals surface area contributed by atoms with Gasteiger partial charge in [0, 0.05) is 44.5 Å². The lowest BCUT2D eigenvalue weighted by Gasteiger charge is -2.34. The summed E-state index contributed by atoms with van der Waals surface area (Å²) >= 11 is 1.40. The largest absolute Gasteiger partial charge is 0.339 e. The molecule has 0 radical (unpaired) electrons. The molecular weight excluding hydrogens is 460 g/mol. The van der Waals surface area contributed by atoms with Crippen molar-refractivity contribution in [3.8, 4) is 11.4 Å². The number of rotatable bonds is 7. The minimum Gasteiger partial charge on any atom is -0.339 e. The molecule has 0 spiro atoms. The maximum absolute atomic E-state index is 12.8. The van der Waals surface area contributed by atoms with Gasteiger partial charge in [0.25, 0.3) is 0 Å². The Morgan fingerprint density at radius 3 is 2.34 bits per heavy atom. The summed E-state index contributed by atoms with van der Waals surface area (Å²) in [6.07, 6.45) is 0. The van der Waals surface area contributed by atoms with E-state index in [-0.39, 0.29) is 11.8 Å². The van der Waals surface area contributed by atoms with Crippen LogP contribution in [0.2, 0.25) is 0 Å². The molecule has 0 unspecified atom stereocenters. The summed E-state index contributed by atoms with van der Waals surface area (Å²) in [7, 11) is 1.92. The monoisotopic (exact) mass is 492 g/mol. The van der Waals surface area contributed by atoms with Crippen molar-refractivity contribution in [3.63, 3.8) is 0 Å². The Kier molecular flexibility index (Phi) is 7.87. The Labute approximate surface area is 210 Å². The van der Waals surface area contributed by atoms with Gasteiger partial charge in [-0.15, -0.1) is 10.2 Å². The molecule has 9 heteroatoms. The number of aromatic nitrogens is 3. The van der Waals surface area contributed by atoms with Crippen molar-refractivity contribution in [1.29, 1.82) is 0 Å². The molecule has 8 nitrogen and oxygen atoms in total. The molecule has 1 aliphatic rings. The minimum atomic E-state index is -0.0237. The third-order valence-corrected chi connectivity index (χ3v) is 7.28. The van der Waals surface area contributed by atoms with Crippen molar-refractivity contribution in [2.24, 2.45) is 7.05 Å². The van der Waals surface area contributed by atoms with Gasteiger partial charge in [0.2, 0.25) is 11.8 Å². The topological polar surface area (TPSA) is 83.4 Å². The highest BCUT2D eigenvalue weighted by molar-refractivity contribution is 7.99. The van der Waals surface area contributed by atoms with Crippen LogP contribution in [-0.2, 0) is 16.6 Å². The Bertz CT molecular complexity index is 1200. The van der Waals surface area contributed by atoms with E-state index < -0.39 is 0 Å². The van der Waals surface area contributed by atoms with Gasteiger partial charge in [-0.25, -0.2) is 0 Å². The first-order valence-corrected chi connectivity index (χ1v) is 12.8. The number of nitrogens with zero attached hydrogens (tertiary/aromatic N) is 5. The highest BCUT2D eigenvalue weighted by Crippen LogP contribution is 2.24. The second-order valence-corrected chi connectivity index (χ2v) is 9.94. The number of carbonyl (C=O) groups excluding carboxylic acids is 2. The molecule has 184 valence electrons. The Morgan fingerprint density at radius 1 is 0.971 bits per heavy atom. The van der Waals surface area contributed by atoms with Crippen LogP contribution in [0.25, 0.3) is 11.4 Å². The molecule has 3 aromatic rings. The second kappa shape index (κ2) is 11.0. The highest BCUT2D eigenvalue weighted by Gasteiger charge is 2.23. The van der Waals surface area contributed by atoms with Crippen molar-refractivity contribution in [2.45, 2.75) is 25.9 Å². The zero-order valence-corrected chi connectivity index (χ0v) is 21.6. The van der Waals surface area contributed by atoms with Gasteiger partial charge in [0.1, 0.15) is 0 Å². The first kappa shape index (κ1) is 24.9. The molecule has 2 amide bonds. The molecular formula is C26H32N6O2S. The molecule has 2 aromatic carbocycles. The summed E-state index contributed by atoms with van der Waals surface area (Å²) in [6.45, 7) is 8.95. The number of thioether (sulfide) groups is 1. The van der Waals surface area contributed by atoms with Crippen LogP contribution in [0.1, 0.15) is 16.7 Å². The highest BCUT2D eigenvalue weighted by atomic mass is 32.2. The molecule has 2 heterocycles. The maximum Gasteiger partial charge on any atom is 0.238 e. The van der Waals surface area contributed by atoms with Crippen LogP contribution >= 0.6 is 11.8 Å². The third-order valence-electron chi connectivity index (χ3n) is 6.27. The van der Waals surface area contributed by atoms with Crippen LogP contribution in [0, 0.1) is 20.8 Å². The number of para-hydroxylation sites is 1. The molecule has 1 N–H and O–H groups in total.